The van der Waals surface area contributed by atoms with Crippen LogP contribution in [0.25, 0.3) is 6.08 Å². The highest BCUT2D eigenvalue weighted by Crippen LogP contribution is 2.24. The maximum Gasteiger partial charge on any atom is 0.246 e. The number of rotatable bonds is 5. The summed E-state index contributed by atoms with van der Waals surface area (Å²) in [6.07, 6.45) is 3.35. The Kier molecular flexibility index (Phi) is 6.70. The zero-order valence-electron chi connectivity index (χ0n) is 15.7. The van der Waals surface area contributed by atoms with E-state index in [1.807, 2.05) is 42.5 Å². The zero-order valence-corrected chi connectivity index (χ0v) is 16.5. The molecule has 0 spiro atoms. The standard InChI is InChI=1S/C22H22ClN3O2/c1-28-20-8-6-18(7-9-20)21(16-24)25-11-13-26(14-12-25)22(27)10-5-17-3-2-4-19(23)15-17/h2-10,15,21H,11-14H2,1H3/b10-5+. The Morgan fingerprint density at radius 2 is 1.89 bits per heavy atom. The minimum absolute atomic E-state index is 0.0300. The Labute approximate surface area is 170 Å². The molecule has 1 aliphatic heterocycles. The topological polar surface area (TPSA) is 56.6 Å². The second kappa shape index (κ2) is 9.41. The van der Waals surface area contributed by atoms with Gasteiger partial charge in [0.15, 0.2) is 0 Å². The van der Waals surface area contributed by atoms with E-state index in [9.17, 15) is 10.1 Å². The third-order valence-corrected chi connectivity index (χ3v) is 5.05. The lowest BCUT2D eigenvalue weighted by Crippen LogP contribution is -2.49. The molecule has 6 heteroatoms. The van der Waals surface area contributed by atoms with Crippen molar-refractivity contribution in [3.63, 3.8) is 0 Å². The quantitative estimate of drug-likeness (QED) is 0.723. The number of halogens is 1. The molecule has 0 bridgehead atoms. The predicted octanol–water partition coefficient (Wildman–Crippen LogP) is 3.77. The number of nitrogens with zero attached hydrogens (tertiary/aromatic N) is 3. The molecular weight excluding hydrogens is 374 g/mol. The van der Waals surface area contributed by atoms with Crippen molar-refractivity contribution in [2.24, 2.45) is 0 Å². The lowest BCUT2D eigenvalue weighted by molar-refractivity contribution is -0.127. The number of nitriles is 1. The van der Waals surface area contributed by atoms with Crippen LogP contribution in [0.15, 0.2) is 54.6 Å². The normalized spacial score (nSPS) is 16.0. The van der Waals surface area contributed by atoms with Gasteiger partial charge < -0.3 is 9.64 Å². The molecule has 2 aromatic rings. The first-order valence-corrected chi connectivity index (χ1v) is 9.48. The Hall–Kier alpha value is -2.81. The first-order chi connectivity index (χ1) is 13.6. The third kappa shape index (κ3) is 4.92. The molecule has 1 fully saturated rings. The van der Waals surface area contributed by atoms with Gasteiger partial charge in [0.1, 0.15) is 11.8 Å². The summed E-state index contributed by atoms with van der Waals surface area (Å²) in [5.41, 5.74) is 1.83. The van der Waals surface area contributed by atoms with Crippen molar-refractivity contribution in [1.29, 1.82) is 5.26 Å². The highest BCUT2D eigenvalue weighted by Gasteiger charge is 2.26. The summed E-state index contributed by atoms with van der Waals surface area (Å²) in [5, 5.41) is 10.3. The second-order valence-corrected chi connectivity index (χ2v) is 6.99. The Bertz CT molecular complexity index is 881. The lowest BCUT2D eigenvalue weighted by atomic mass is 10.1. The van der Waals surface area contributed by atoms with Gasteiger partial charge in [-0.3, -0.25) is 9.69 Å². The van der Waals surface area contributed by atoms with Gasteiger partial charge in [-0.25, -0.2) is 0 Å². The van der Waals surface area contributed by atoms with Gasteiger partial charge in [0.05, 0.1) is 13.2 Å². The Balaban J connectivity index is 1.58. The number of amides is 1. The van der Waals surface area contributed by atoms with Crippen LogP contribution < -0.4 is 4.74 Å². The van der Waals surface area contributed by atoms with Crippen LogP contribution in [0, 0.1) is 11.3 Å². The summed E-state index contributed by atoms with van der Waals surface area (Å²) in [4.78, 5) is 16.4. The SMILES string of the molecule is COc1ccc(C(C#N)N2CCN(C(=O)/C=C/c3cccc(Cl)c3)CC2)cc1. The minimum atomic E-state index is -0.329. The first kappa shape index (κ1) is 19.9. The van der Waals surface area contributed by atoms with E-state index in [0.717, 1.165) is 16.9 Å². The summed E-state index contributed by atoms with van der Waals surface area (Å²) in [6.45, 7) is 2.49. The summed E-state index contributed by atoms with van der Waals surface area (Å²) >= 11 is 5.97. The predicted molar refractivity (Wildman–Crippen MR) is 110 cm³/mol. The number of carbonyl (C=O) groups is 1. The Morgan fingerprint density at radius 3 is 2.50 bits per heavy atom. The van der Waals surface area contributed by atoms with E-state index in [2.05, 4.69) is 11.0 Å². The monoisotopic (exact) mass is 395 g/mol. The molecule has 2 aromatic carbocycles. The number of hydrogen-bond donors (Lipinski definition) is 0. The van der Waals surface area contributed by atoms with E-state index in [4.69, 9.17) is 16.3 Å². The van der Waals surface area contributed by atoms with E-state index in [0.29, 0.717) is 31.2 Å². The van der Waals surface area contributed by atoms with Crippen LogP contribution in [0.5, 0.6) is 5.75 Å². The van der Waals surface area contributed by atoms with Crippen molar-refractivity contribution in [3.8, 4) is 11.8 Å². The molecule has 1 heterocycles. The van der Waals surface area contributed by atoms with Gasteiger partial charge in [0.25, 0.3) is 0 Å². The second-order valence-electron chi connectivity index (χ2n) is 6.55. The lowest BCUT2D eigenvalue weighted by Gasteiger charge is -2.36. The molecule has 5 nitrogen and oxygen atoms in total. The van der Waals surface area contributed by atoms with Gasteiger partial charge in [0, 0.05) is 37.3 Å². The molecule has 144 valence electrons. The van der Waals surface area contributed by atoms with Crippen LogP contribution in [0.2, 0.25) is 5.02 Å². The summed E-state index contributed by atoms with van der Waals surface area (Å²) < 4.78 is 5.18. The van der Waals surface area contributed by atoms with Crippen molar-refractivity contribution < 1.29 is 9.53 Å². The maximum atomic E-state index is 12.5. The Morgan fingerprint density at radius 1 is 1.18 bits per heavy atom. The fourth-order valence-electron chi connectivity index (χ4n) is 3.24. The van der Waals surface area contributed by atoms with E-state index in [1.165, 1.54) is 0 Å². The van der Waals surface area contributed by atoms with Crippen LogP contribution >= 0.6 is 11.6 Å². The zero-order chi connectivity index (χ0) is 19.9. The molecule has 1 unspecified atom stereocenters. The van der Waals surface area contributed by atoms with E-state index in [1.54, 1.807) is 30.2 Å². The molecule has 0 aromatic heterocycles. The average Bonchev–Trinajstić information content (AvgIpc) is 2.73. The van der Waals surface area contributed by atoms with Crippen LogP contribution in [-0.4, -0.2) is 49.0 Å². The number of benzene rings is 2. The van der Waals surface area contributed by atoms with E-state index >= 15 is 0 Å². The first-order valence-electron chi connectivity index (χ1n) is 9.11. The van der Waals surface area contributed by atoms with Crippen molar-refractivity contribution in [1.82, 2.24) is 9.80 Å². The molecular formula is C22H22ClN3O2. The molecule has 1 atom stereocenters. The molecule has 1 amide bonds. The number of piperazine rings is 1. The number of ether oxygens (including phenoxy) is 1. The average molecular weight is 396 g/mol. The fourth-order valence-corrected chi connectivity index (χ4v) is 3.44. The molecule has 0 saturated carbocycles. The number of methoxy groups -OCH3 is 1. The van der Waals surface area contributed by atoms with E-state index in [-0.39, 0.29) is 11.9 Å². The number of carbonyl (C=O) groups excluding carboxylic acids is 1. The third-order valence-electron chi connectivity index (χ3n) is 4.81. The van der Waals surface area contributed by atoms with Crippen LogP contribution in [0.4, 0.5) is 0 Å². The highest BCUT2D eigenvalue weighted by molar-refractivity contribution is 6.30. The molecule has 0 aliphatic carbocycles. The summed E-state index contributed by atoms with van der Waals surface area (Å²) in [7, 11) is 1.62. The van der Waals surface area contributed by atoms with Gasteiger partial charge in [-0.05, 0) is 41.5 Å². The van der Waals surface area contributed by atoms with Crippen LogP contribution in [0.1, 0.15) is 17.2 Å². The van der Waals surface area contributed by atoms with Crippen LogP contribution in [-0.2, 0) is 4.79 Å². The summed E-state index contributed by atoms with van der Waals surface area (Å²) in [6, 6.07) is 17.0. The largest absolute Gasteiger partial charge is 0.497 e. The van der Waals surface area contributed by atoms with Gasteiger partial charge in [-0.1, -0.05) is 35.9 Å². The molecule has 1 saturated heterocycles. The smallest absolute Gasteiger partial charge is 0.246 e. The molecule has 0 radical (unpaired) electrons. The number of hydrogen-bond acceptors (Lipinski definition) is 4. The highest BCUT2D eigenvalue weighted by atomic mass is 35.5. The maximum absolute atomic E-state index is 12.5. The van der Waals surface area contributed by atoms with E-state index < -0.39 is 0 Å². The molecule has 0 N–H and O–H groups in total. The van der Waals surface area contributed by atoms with Gasteiger partial charge >= 0.3 is 0 Å². The van der Waals surface area contributed by atoms with Crippen molar-refractivity contribution >= 4 is 23.6 Å². The van der Waals surface area contributed by atoms with Gasteiger partial charge in [-0.15, -0.1) is 0 Å². The molecule has 28 heavy (non-hydrogen) atoms. The fraction of sp³-hybridized carbons (Fsp3) is 0.273. The van der Waals surface area contributed by atoms with Crippen LogP contribution in [0.3, 0.4) is 0 Å². The van der Waals surface area contributed by atoms with Gasteiger partial charge in [-0.2, -0.15) is 5.26 Å². The summed E-state index contributed by atoms with van der Waals surface area (Å²) in [5.74, 6) is 0.736. The molecule has 3 rings (SSSR count). The van der Waals surface area contributed by atoms with Crippen molar-refractivity contribution in [3.05, 3.63) is 70.8 Å². The van der Waals surface area contributed by atoms with Crippen molar-refractivity contribution in [2.45, 2.75) is 6.04 Å². The minimum Gasteiger partial charge on any atom is -0.497 e. The van der Waals surface area contributed by atoms with Crippen molar-refractivity contribution in [2.75, 3.05) is 33.3 Å². The van der Waals surface area contributed by atoms with Gasteiger partial charge in [0.2, 0.25) is 5.91 Å². The molecule has 1 aliphatic rings.